The number of carbonyl (C=O) groups excluding carboxylic acids is 1. The van der Waals surface area contributed by atoms with Crippen molar-refractivity contribution in [1.29, 1.82) is 5.26 Å². The molecule has 0 bridgehead atoms. The Hall–Kier alpha value is -2.26. The highest BCUT2D eigenvalue weighted by Crippen LogP contribution is 2.44. The number of carbonyl (C=O) groups is 1. The number of aliphatic imine (C=N–C) groups is 1. The number of nitrogens with zero attached hydrogens (tertiary/aromatic N) is 3. The van der Waals surface area contributed by atoms with Crippen LogP contribution in [0.5, 0.6) is 0 Å². The molecule has 152 valence electrons. The largest absolute Gasteiger partial charge is 0.463 e. The molecule has 1 aromatic carbocycles. The maximum absolute atomic E-state index is 15.0. The van der Waals surface area contributed by atoms with E-state index in [0.29, 0.717) is 28.2 Å². The highest BCUT2D eigenvalue weighted by molar-refractivity contribution is 7.22. The van der Waals surface area contributed by atoms with Crippen molar-refractivity contribution < 1.29 is 18.7 Å². The molecule has 9 heteroatoms. The summed E-state index contributed by atoms with van der Waals surface area (Å²) in [6, 6.07) is 7.13. The molecule has 0 fully saturated rings. The molecule has 0 saturated carbocycles. The van der Waals surface area contributed by atoms with E-state index in [0.717, 1.165) is 0 Å². The predicted molar refractivity (Wildman–Crippen MR) is 112 cm³/mol. The maximum atomic E-state index is 15.0. The van der Waals surface area contributed by atoms with Crippen molar-refractivity contribution in [3.63, 3.8) is 0 Å². The Kier molecular flexibility index (Phi) is 6.38. The molecule has 3 unspecified atom stereocenters. The maximum Gasteiger partial charge on any atom is 0.330 e. The third kappa shape index (κ3) is 4.51. The minimum absolute atomic E-state index is 0.142. The van der Waals surface area contributed by atoms with Crippen LogP contribution >= 0.6 is 20.8 Å². The number of allylic oxidation sites excluding steroid dienone is 1. The lowest BCUT2D eigenvalue weighted by Gasteiger charge is -2.37. The molecule has 0 amide bonds. The van der Waals surface area contributed by atoms with Gasteiger partial charge in [-0.2, -0.15) is 5.26 Å². The normalized spacial score (nSPS) is 20.9. The molecule has 29 heavy (non-hydrogen) atoms. The summed E-state index contributed by atoms with van der Waals surface area (Å²) >= 11 is 6.08. The Morgan fingerprint density at radius 1 is 1.62 bits per heavy atom. The number of alkyl halides is 2. The number of nitriles is 1. The lowest BCUT2D eigenvalue weighted by atomic mass is 10.1. The van der Waals surface area contributed by atoms with Gasteiger partial charge in [0, 0.05) is 11.6 Å². The van der Waals surface area contributed by atoms with Crippen molar-refractivity contribution in [1.82, 2.24) is 0 Å². The molecule has 2 heterocycles. The van der Waals surface area contributed by atoms with Gasteiger partial charge in [-0.15, -0.1) is 0 Å². The predicted octanol–water partition coefficient (Wildman–Crippen LogP) is 3.81. The number of hydrogen-bond donors (Lipinski definition) is 0. The van der Waals surface area contributed by atoms with Gasteiger partial charge in [-0.25, -0.2) is 9.18 Å². The van der Waals surface area contributed by atoms with E-state index in [1.54, 1.807) is 36.9 Å². The van der Waals surface area contributed by atoms with Gasteiger partial charge in [-0.3, -0.25) is 9.89 Å². The number of esters is 1. The SMILES string of the molecule is CCOC(=O)C=CC1OCc2cc(C#N)ccc2N2C1=NCC(C)=C2C(F)(P)Cl. The van der Waals surface area contributed by atoms with Crippen LogP contribution in [0.25, 0.3) is 0 Å². The summed E-state index contributed by atoms with van der Waals surface area (Å²) < 4.78 is 25.9. The summed E-state index contributed by atoms with van der Waals surface area (Å²) in [4.78, 5) is 15.7. The van der Waals surface area contributed by atoms with Crippen molar-refractivity contribution >= 4 is 38.3 Å². The summed E-state index contributed by atoms with van der Waals surface area (Å²) in [7, 11) is 2.00. The number of anilines is 1. The van der Waals surface area contributed by atoms with Gasteiger partial charge in [0.25, 0.3) is 0 Å². The molecule has 0 aromatic heterocycles. The number of benzene rings is 1. The van der Waals surface area contributed by atoms with Gasteiger partial charge in [0.15, 0.2) is 0 Å². The average Bonchev–Trinajstić information content (AvgIpc) is 2.81. The van der Waals surface area contributed by atoms with Gasteiger partial charge in [-0.05, 0) is 43.7 Å². The van der Waals surface area contributed by atoms with E-state index in [2.05, 4.69) is 11.1 Å². The molecule has 0 saturated heterocycles. The number of rotatable bonds is 4. The van der Waals surface area contributed by atoms with E-state index in [1.165, 1.54) is 12.2 Å². The third-order valence-corrected chi connectivity index (χ3v) is 4.92. The molecule has 2 aliphatic rings. The van der Waals surface area contributed by atoms with Gasteiger partial charge < -0.3 is 9.47 Å². The van der Waals surface area contributed by atoms with Crippen molar-refractivity contribution in [3.8, 4) is 6.07 Å². The highest BCUT2D eigenvalue weighted by Gasteiger charge is 2.41. The first-order chi connectivity index (χ1) is 13.8. The molecule has 6 nitrogen and oxygen atoms in total. The lowest BCUT2D eigenvalue weighted by molar-refractivity contribution is -0.137. The molecule has 0 aliphatic carbocycles. The molecule has 0 spiro atoms. The molecular weight excluding hydrogens is 416 g/mol. The fourth-order valence-corrected chi connectivity index (χ4v) is 3.91. The number of amidine groups is 1. The first-order valence-electron chi connectivity index (χ1n) is 8.97. The fourth-order valence-electron chi connectivity index (χ4n) is 3.29. The monoisotopic (exact) mass is 435 g/mol. The van der Waals surface area contributed by atoms with Gasteiger partial charge in [0.05, 0.1) is 42.8 Å². The summed E-state index contributed by atoms with van der Waals surface area (Å²) in [5, 5.41) is 9.23. The Labute approximate surface area is 175 Å². The van der Waals surface area contributed by atoms with Crippen LogP contribution in [-0.2, 0) is 20.9 Å². The van der Waals surface area contributed by atoms with E-state index in [4.69, 9.17) is 21.1 Å². The zero-order valence-corrected chi connectivity index (χ0v) is 17.9. The van der Waals surface area contributed by atoms with Gasteiger partial charge >= 0.3 is 5.97 Å². The summed E-state index contributed by atoms with van der Waals surface area (Å²) in [6.07, 6.45) is 2.06. The van der Waals surface area contributed by atoms with Crippen LogP contribution in [0.1, 0.15) is 25.0 Å². The second kappa shape index (κ2) is 8.62. The molecular formula is C20H20ClFN3O3P. The number of halogens is 2. The van der Waals surface area contributed by atoms with Gasteiger partial charge in [0.1, 0.15) is 11.9 Å². The van der Waals surface area contributed by atoms with Crippen molar-refractivity contribution in [2.24, 2.45) is 4.99 Å². The number of fused-ring (bicyclic) bond motifs is 3. The first-order valence-corrected chi connectivity index (χ1v) is 9.92. The third-order valence-electron chi connectivity index (χ3n) is 4.47. The van der Waals surface area contributed by atoms with Crippen molar-refractivity contribution in [2.75, 3.05) is 18.1 Å². The minimum Gasteiger partial charge on any atom is -0.463 e. The minimum atomic E-state index is -2.24. The topological polar surface area (TPSA) is 74.9 Å². The number of hydrogen-bond acceptors (Lipinski definition) is 6. The number of ether oxygens (including phenoxy) is 2. The average molecular weight is 436 g/mol. The smallest absolute Gasteiger partial charge is 0.330 e. The second-order valence-electron chi connectivity index (χ2n) is 6.56. The summed E-state index contributed by atoms with van der Waals surface area (Å²) in [6.45, 7) is 4.11. The summed E-state index contributed by atoms with van der Waals surface area (Å²) in [5.74, 6) is -0.109. The van der Waals surface area contributed by atoms with Crippen LogP contribution < -0.4 is 4.90 Å². The highest BCUT2D eigenvalue weighted by atomic mass is 35.5. The Morgan fingerprint density at radius 3 is 3.03 bits per heavy atom. The van der Waals surface area contributed by atoms with E-state index in [9.17, 15) is 14.4 Å². The van der Waals surface area contributed by atoms with Crippen LogP contribution in [0.2, 0.25) is 0 Å². The first kappa shape index (κ1) is 21.4. The quantitative estimate of drug-likeness (QED) is 0.311. The Morgan fingerprint density at radius 2 is 2.38 bits per heavy atom. The zero-order chi connectivity index (χ0) is 21.2. The standard InChI is InChI=1S/C20H20ClFN3O3P/c1-3-27-17(26)7-6-16-19-24-10-12(2)18(20(21,22)29)25(19)15-5-4-13(9-23)8-14(15)11-28-16/h4-8,16H,3,10-11,29H2,1-2H3. The van der Waals surface area contributed by atoms with Crippen LogP contribution in [0, 0.1) is 11.3 Å². The van der Waals surface area contributed by atoms with Gasteiger partial charge in [0.2, 0.25) is 4.87 Å². The Balaban J connectivity index is 2.12. The van der Waals surface area contributed by atoms with Crippen molar-refractivity contribution in [2.45, 2.75) is 31.4 Å². The molecule has 2 aliphatic heterocycles. The molecule has 3 rings (SSSR count). The zero-order valence-electron chi connectivity index (χ0n) is 16.0. The van der Waals surface area contributed by atoms with Gasteiger partial charge in [-0.1, -0.05) is 20.8 Å². The molecule has 3 atom stereocenters. The lowest BCUT2D eigenvalue weighted by Crippen LogP contribution is -2.44. The molecule has 1 aromatic rings. The van der Waals surface area contributed by atoms with Crippen LogP contribution in [0.4, 0.5) is 10.1 Å². The van der Waals surface area contributed by atoms with Crippen LogP contribution in [0.15, 0.2) is 46.6 Å². The van der Waals surface area contributed by atoms with E-state index >= 15 is 0 Å². The van der Waals surface area contributed by atoms with E-state index in [-0.39, 0.29) is 25.5 Å². The van der Waals surface area contributed by atoms with Crippen molar-refractivity contribution in [3.05, 3.63) is 52.7 Å². The van der Waals surface area contributed by atoms with E-state index in [1.807, 2.05) is 9.24 Å². The second-order valence-corrected chi connectivity index (χ2v) is 8.27. The molecule has 0 radical (unpaired) electrons. The van der Waals surface area contributed by atoms with E-state index < -0.39 is 16.9 Å². The molecule has 0 N–H and O–H groups in total. The fraction of sp³-hybridized carbons (Fsp3) is 0.350. The van der Waals surface area contributed by atoms with Crippen LogP contribution in [0.3, 0.4) is 0 Å². The summed E-state index contributed by atoms with van der Waals surface area (Å²) in [5.41, 5.74) is 2.64. The van der Waals surface area contributed by atoms with Crippen LogP contribution in [-0.4, -0.2) is 35.9 Å². The Bertz CT molecular complexity index is 963.